The van der Waals surface area contributed by atoms with Gasteiger partial charge in [0, 0.05) is 6.07 Å². The first-order chi connectivity index (χ1) is 11.5. The number of ether oxygens (including phenoxy) is 2. The van der Waals surface area contributed by atoms with Gasteiger partial charge in [0.1, 0.15) is 17.2 Å². The number of phenols is 3. The first kappa shape index (κ1) is 15.5. The van der Waals surface area contributed by atoms with Crippen LogP contribution in [-0.2, 0) is 0 Å². The normalized spacial score (nSPS) is 10.8. The highest BCUT2D eigenvalue weighted by Crippen LogP contribution is 2.41. The lowest BCUT2D eigenvalue weighted by molar-refractivity contribution is 0.352. The molecule has 0 atom stereocenters. The monoisotopic (exact) mass is 330 g/mol. The Kier molecular flexibility index (Phi) is 3.69. The Morgan fingerprint density at radius 1 is 0.958 bits per heavy atom. The van der Waals surface area contributed by atoms with Crippen LogP contribution in [0.3, 0.4) is 0 Å². The zero-order valence-corrected chi connectivity index (χ0v) is 12.9. The quantitative estimate of drug-likeness (QED) is 0.633. The van der Waals surface area contributed by atoms with E-state index in [2.05, 4.69) is 0 Å². The Hall–Kier alpha value is -3.35. The SMILES string of the molecule is COc1cc(-c2coc3cc(OC)c(O)c(O)c3c2=O)ccc1O. The van der Waals surface area contributed by atoms with Crippen LogP contribution >= 0.6 is 0 Å². The number of rotatable bonds is 3. The lowest BCUT2D eigenvalue weighted by atomic mass is 10.0. The van der Waals surface area contributed by atoms with Crippen molar-refractivity contribution in [2.24, 2.45) is 0 Å². The largest absolute Gasteiger partial charge is 0.504 e. The number of hydrogen-bond acceptors (Lipinski definition) is 7. The second-order valence-corrected chi connectivity index (χ2v) is 5.01. The van der Waals surface area contributed by atoms with E-state index in [-0.39, 0.29) is 33.8 Å². The second kappa shape index (κ2) is 5.69. The van der Waals surface area contributed by atoms with E-state index in [0.29, 0.717) is 5.56 Å². The Bertz CT molecular complexity index is 988. The van der Waals surface area contributed by atoms with Crippen LogP contribution in [0.2, 0.25) is 0 Å². The summed E-state index contributed by atoms with van der Waals surface area (Å²) in [6.45, 7) is 0. The van der Waals surface area contributed by atoms with Gasteiger partial charge in [-0.25, -0.2) is 0 Å². The van der Waals surface area contributed by atoms with Gasteiger partial charge in [-0.2, -0.15) is 0 Å². The third kappa shape index (κ3) is 2.26. The molecule has 0 spiro atoms. The molecule has 0 bridgehead atoms. The van der Waals surface area contributed by atoms with E-state index >= 15 is 0 Å². The molecule has 0 fully saturated rings. The zero-order chi connectivity index (χ0) is 17.4. The summed E-state index contributed by atoms with van der Waals surface area (Å²) in [6, 6.07) is 5.67. The molecule has 0 radical (unpaired) electrons. The number of methoxy groups -OCH3 is 2. The summed E-state index contributed by atoms with van der Waals surface area (Å²) in [5.41, 5.74) is 0.0942. The molecule has 2 aromatic carbocycles. The van der Waals surface area contributed by atoms with Crippen LogP contribution in [0.15, 0.2) is 39.7 Å². The minimum Gasteiger partial charge on any atom is -0.504 e. The predicted molar refractivity (Wildman–Crippen MR) is 86.0 cm³/mol. The smallest absolute Gasteiger partial charge is 0.204 e. The lowest BCUT2D eigenvalue weighted by Crippen LogP contribution is -2.05. The molecule has 0 aliphatic heterocycles. The van der Waals surface area contributed by atoms with Crippen molar-refractivity contribution < 1.29 is 29.2 Å². The fraction of sp³-hybridized carbons (Fsp3) is 0.118. The van der Waals surface area contributed by atoms with Crippen molar-refractivity contribution in [2.75, 3.05) is 14.2 Å². The summed E-state index contributed by atoms with van der Waals surface area (Å²) in [7, 11) is 2.70. The third-order valence-corrected chi connectivity index (χ3v) is 3.69. The van der Waals surface area contributed by atoms with E-state index in [4.69, 9.17) is 13.9 Å². The van der Waals surface area contributed by atoms with Crippen LogP contribution in [0.4, 0.5) is 0 Å². The second-order valence-electron chi connectivity index (χ2n) is 5.01. The number of fused-ring (bicyclic) bond motifs is 1. The average Bonchev–Trinajstić information content (AvgIpc) is 2.58. The maximum atomic E-state index is 12.7. The van der Waals surface area contributed by atoms with E-state index in [1.807, 2.05) is 0 Å². The lowest BCUT2D eigenvalue weighted by Gasteiger charge is -2.10. The fourth-order valence-electron chi connectivity index (χ4n) is 2.43. The van der Waals surface area contributed by atoms with Gasteiger partial charge in [-0.05, 0) is 17.7 Å². The standard InChI is InChI=1S/C17H14O7/c1-22-11-5-8(3-4-10(11)18)9-7-24-12-6-13(23-2)16(20)17(21)14(12)15(9)19/h3-7,18,20-21H,1-2H3. The molecule has 1 heterocycles. The van der Waals surface area contributed by atoms with Crippen molar-refractivity contribution >= 4 is 11.0 Å². The van der Waals surface area contributed by atoms with Gasteiger partial charge < -0.3 is 29.2 Å². The first-order valence-corrected chi connectivity index (χ1v) is 6.89. The van der Waals surface area contributed by atoms with Crippen molar-refractivity contribution in [3.05, 3.63) is 40.8 Å². The summed E-state index contributed by atoms with van der Waals surface area (Å²) < 4.78 is 15.3. The molecule has 0 saturated carbocycles. The minimum atomic E-state index is -0.620. The van der Waals surface area contributed by atoms with E-state index in [1.54, 1.807) is 0 Å². The maximum absolute atomic E-state index is 12.7. The van der Waals surface area contributed by atoms with Gasteiger partial charge in [0.05, 0.1) is 19.8 Å². The molecule has 0 aliphatic carbocycles. The van der Waals surface area contributed by atoms with Gasteiger partial charge in [-0.3, -0.25) is 4.79 Å². The zero-order valence-electron chi connectivity index (χ0n) is 12.9. The molecule has 124 valence electrons. The van der Waals surface area contributed by atoms with Crippen LogP contribution < -0.4 is 14.9 Å². The molecule has 1 aromatic heterocycles. The molecule has 7 nitrogen and oxygen atoms in total. The van der Waals surface area contributed by atoms with E-state index in [0.717, 1.165) is 0 Å². The molecule has 7 heteroatoms. The highest BCUT2D eigenvalue weighted by molar-refractivity contribution is 5.91. The van der Waals surface area contributed by atoms with Gasteiger partial charge in [-0.15, -0.1) is 0 Å². The van der Waals surface area contributed by atoms with Crippen LogP contribution in [0, 0.1) is 0 Å². The molecule has 0 amide bonds. The number of benzene rings is 2. The van der Waals surface area contributed by atoms with Gasteiger partial charge in [0.25, 0.3) is 0 Å². The molecule has 3 aromatic rings. The molecular weight excluding hydrogens is 316 g/mol. The van der Waals surface area contributed by atoms with Crippen molar-refractivity contribution in [1.82, 2.24) is 0 Å². The predicted octanol–water partition coefficient (Wildman–Crippen LogP) is 2.59. The van der Waals surface area contributed by atoms with Crippen molar-refractivity contribution in [3.63, 3.8) is 0 Å². The highest BCUT2D eigenvalue weighted by atomic mass is 16.5. The van der Waals surface area contributed by atoms with Crippen molar-refractivity contribution in [2.45, 2.75) is 0 Å². The average molecular weight is 330 g/mol. The molecule has 3 rings (SSSR count). The topological polar surface area (TPSA) is 109 Å². The summed E-state index contributed by atoms with van der Waals surface area (Å²) in [4.78, 5) is 12.7. The van der Waals surface area contributed by atoms with Crippen LogP contribution in [0.1, 0.15) is 0 Å². The number of phenolic OH excluding ortho intramolecular Hbond substituents is 3. The molecule has 24 heavy (non-hydrogen) atoms. The molecule has 0 aliphatic rings. The Labute approximate surface area is 135 Å². The maximum Gasteiger partial charge on any atom is 0.204 e. The van der Waals surface area contributed by atoms with Crippen LogP contribution in [0.25, 0.3) is 22.1 Å². The highest BCUT2D eigenvalue weighted by Gasteiger charge is 2.19. The fourth-order valence-corrected chi connectivity index (χ4v) is 2.43. The van der Waals surface area contributed by atoms with Gasteiger partial charge in [0.2, 0.25) is 11.2 Å². The Morgan fingerprint density at radius 2 is 1.67 bits per heavy atom. The Balaban J connectivity index is 2.30. The van der Waals surface area contributed by atoms with Crippen molar-refractivity contribution in [1.29, 1.82) is 0 Å². The molecular formula is C17H14O7. The molecule has 0 unspecified atom stereocenters. The van der Waals surface area contributed by atoms with Crippen LogP contribution in [0.5, 0.6) is 28.7 Å². The summed E-state index contributed by atoms with van der Waals surface area (Å²) in [5.74, 6) is -1.06. The number of aromatic hydroxyl groups is 3. The number of hydrogen-bond donors (Lipinski definition) is 3. The first-order valence-electron chi connectivity index (χ1n) is 6.89. The summed E-state index contributed by atoms with van der Waals surface area (Å²) in [5, 5.41) is 29.5. The van der Waals surface area contributed by atoms with Gasteiger partial charge in [-0.1, -0.05) is 6.07 Å². The van der Waals surface area contributed by atoms with Gasteiger partial charge in [0.15, 0.2) is 23.0 Å². The van der Waals surface area contributed by atoms with E-state index in [1.165, 1.54) is 44.7 Å². The van der Waals surface area contributed by atoms with E-state index < -0.39 is 16.9 Å². The van der Waals surface area contributed by atoms with E-state index in [9.17, 15) is 20.1 Å². The van der Waals surface area contributed by atoms with Gasteiger partial charge >= 0.3 is 0 Å². The minimum absolute atomic E-state index is 0.0118. The third-order valence-electron chi connectivity index (χ3n) is 3.69. The van der Waals surface area contributed by atoms with Crippen molar-refractivity contribution in [3.8, 4) is 39.9 Å². The van der Waals surface area contributed by atoms with Crippen LogP contribution in [-0.4, -0.2) is 29.5 Å². The summed E-state index contributed by atoms with van der Waals surface area (Å²) in [6.07, 6.45) is 1.23. The molecule has 3 N–H and O–H groups in total. The Morgan fingerprint density at radius 3 is 2.33 bits per heavy atom. The summed E-state index contributed by atoms with van der Waals surface area (Å²) >= 11 is 0. The molecule has 0 saturated heterocycles.